The molecular formula is C22H24N6O2S. The number of carbonyl (C=O) groups is 2. The van der Waals surface area contributed by atoms with Crippen LogP contribution in [0.3, 0.4) is 0 Å². The summed E-state index contributed by atoms with van der Waals surface area (Å²) in [6, 6.07) is 7.82. The molecule has 0 aliphatic carbocycles. The van der Waals surface area contributed by atoms with Gasteiger partial charge in [-0.2, -0.15) is 5.10 Å². The predicted octanol–water partition coefficient (Wildman–Crippen LogP) is 2.86. The predicted molar refractivity (Wildman–Crippen MR) is 119 cm³/mol. The van der Waals surface area contributed by atoms with Gasteiger partial charge in [-0.3, -0.25) is 14.3 Å². The SMILES string of the molecule is Cn1cc2c(n1)[C@@H](C(=O)Nc1nccs1)CN(C(=O)c1cccc(N3CCCC3)c1)C2. The quantitative estimate of drug-likeness (QED) is 0.680. The lowest BCUT2D eigenvalue weighted by Gasteiger charge is -2.31. The molecule has 2 aromatic heterocycles. The van der Waals surface area contributed by atoms with E-state index in [4.69, 9.17) is 0 Å². The van der Waals surface area contributed by atoms with E-state index in [1.165, 1.54) is 24.2 Å². The zero-order chi connectivity index (χ0) is 21.4. The molecule has 1 aromatic carbocycles. The van der Waals surface area contributed by atoms with Crippen molar-refractivity contribution in [3.8, 4) is 0 Å². The average Bonchev–Trinajstić information content (AvgIpc) is 3.54. The number of rotatable bonds is 4. The number of amides is 2. The van der Waals surface area contributed by atoms with Gasteiger partial charge in [-0.05, 0) is 31.0 Å². The second-order valence-corrected chi connectivity index (χ2v) is 8.92. The summed E-state index contributed by atoms with van der Waals surface area (Å²) in [6.45, 7) is 2.78. The van der Waals surface area contributed by atoms with Crippen molar-refractivity contribution in [2.75, 3.05) is 29.9 Å². The van der Waals surface area contributed by atoms with Gasteiger partial charge in [-0.1, -0.05) is 6.07 Å². The summed E-state index contributed by atoms with van der Waals surface area (Å²) in [6.07, 6.45) is 5.91. The molecule has 160 valence electrons. The van der Waals surface area contributed by atoms with E-state index in [9.17, 15) is 9.59 Å². The third-order valence-electron chi connectivity index (χ3n) is 5.86. The van der Waals surface area contributed by atoms with Crippen molar-refractivity contribution in [1.82, 2.24) is 19.7 Å². The van der Waals surface area contributed by atoms with E-state index in [-0.39, 0.29) is 18.4 Å². The largest absolute Gasteiger partial charge is 0.372 e. The molecule has 31 heavy (non-hydrogen) atoms. The first-order valence-electron chi connectivity index (χ1n) is 10.5. The van der Waals surface area contributed by atoms with Crippen LogP contribution in [0.2, 0.25) is 0 Å². The van der Waals surface area contributed by atoms with Gasteiger partial charge >= 0.3 is 0 Å². The van der Waals surface area contributed by atoms with E-state index >= 15 is 0 Å². The Kier molecular flexibility index (Phi) is 5.19. The fourth-order valence-electron chi connectivity index (χ4n) is 4.38. The molecule has 2 amide bonds. The smallest absolute Gasteiger partial charge is 0.254 e. The molecule has 2 aliphatic rings. The molecule has 1 fully saturated rings. The van der Waals surface area contributed by atoms with E-state index in [1.54, 1.807) is 15.8 Å². The molecule has 0 unspecified atom stereocenters. The highest BCUT2D eigenvalue weighted by molar-refractivity contribution is 7.13. The Morgan fingerprint density at radius 3 is 2.84 bits per heavy atom. The molecule has 0 radical (unpaired) electrons. The number of aryl methyl sites for hydroxylation is 1. The average molecular weight is 437 g/mol. The summed E-state index contributed by atoms with van der Waals surface area (Å²) >= 11 is 1.37. The Labute approximate surface area is 184 Å². The third kappa shape index (κ3) is 3.93. The number of anilines is 2. The van der Waals surface area contributed by atoms with E-state index in [0.717, 1.165) is 30.0 Å². The van der Waals surface area contributed by atoms with Crippen LogP contribution in [-0.2, 0) is 18.4 Å². The highest BCUT2D eigenvalue weighted by Crippen LogP contribution is 2.30. The molecule has 4 heterocycles. The summed E-state index contributed by atoms with van der Waals surface area (Å²) in [4.78, 5) is 34.6. The number of hydrogen-bond donors (Lipinski definition) is 1. The van der Waals surface area contributed by atoms with E-state index in [2.05, 4.69) is 26.4 Å². The van der Waals surface area contributed by atoms with Gasteiger partial charge in [0.2, 0.25) is 5.91 Å². The van der Waals surface area contributed by atoms with Crippen LogP contribution in [0, 0.1) is 0 Å². The van der Waals surface area contributed by atoms with Crippen LogP contribution < -0.4 is 10.2 Å². The Morgan fingerprint density at radius 1 is 1.23 bits per heavy atom. The highest BCUT2D eigenvalue weighted by atomic mass is 32.1. The van der Waals surface area contributed by atoms with Crippen LogP contribution in [0.4, 0.5) is 10.8 Å². The minimum absolute atomic E-state index is 0.0670. The van der Waals surface area contributed by atoms with Gasteiger partial charge in [-0.25, -0.2) is 4.98 Å². The molecule has 0 spiro atoms. The summed E-state index contributed by atoms with van der Waals surface area (Å²) < 4.78 is 1.70. The van der Waals surface area contributed by atoms with E-state index in [0.29, 0.717) is 17.2 Å². The minimum atomic E-state index is -0.542. The maximum absolute atomic E-state index is 13.4. The number of carbonyl (C=O) groups excluding carboxylic acids is 2. The number of hydrogen-bond acceptors (Lipinski definition) is 6. The minimum Gasteiger partial charge on any atom is -0.372 e. The lowest BCUT2D eigenvalue weighted by molar-refractivity contribution is -0.118. The van der Waals surface area contributed by atoms with Crippen LogP contribution in [-0.4, -0.2) is 51.1 Å². The van der Waals surface area contributed by atoms with Gasteiger partial charge in [0.15, 0.2) is 5.13 Å². The number of nitrogens with one attached hydrogen (secondary N) is 1. The monoisotopic (exact) mass is 436 g/mol. The molecule has 3 aromatic rings. The summed E-state index contributed by atoms with van der Waals surface area (Å²) in [7, 11) is 1.83. The van der Waals surface area contributed by atoms with Crippen molar-refractivity contribution in [2.45, 2.75) is 25.3 Å². The molecule has 1 atom stereocenters. The van der Waals surface area contributed by atoms with Crippen molar-refractivity contribution < 1.29 is 9.59 Å². The number of benzene rings is 1. The van der Waals surface area contributed by atoms with E-state index < -0.39 is 5.92 Å². The molecule has 9 heteroatoms. The number of aromatic nitrogens is 3. The van der Waals surface area contributed by atoms with E-state index in [1.807, 2.05) is 36.8 Å². The van der Waals surface area contributed by atoms with Gasteiger partial charge in [0, 0.05) is 67.8 Å². The molecule has 1 saturated heterocycles. The van der Waals surface area contributed by atoms with Crippen LogP contribution in [0.1, 0.15) is 40.4 Å². The second-order valence-electron chi connectivity index (χ2n) is 8.02. The molecular weight excluding hydrogens is 412 g/mol. The zero-order valence-electron chi connectivity index (χ0n) is 17.3. The first-order valence-corrected chi connectivity index (χ1v) is 11.3. The van der Waals surface area contributed by atoms with Gasteiger partial charge in [0.25, 0.3) is 5.91 Å². The molecule has 1 N–H and O–H groups in total. The van der Waals surface area contributed by atoms with Crippen LogP contribution in [0.5, 0.6) is 0 Å². The lowest BCUT2D eigenvalue weighted by atomic mass is 9.95. The lowest BCUT2D eigenvalue weighted by Crippen LogP contribution is -2.42. The Bertz CT molecular complexity index is 1100. The van der Waals surface area contributed by atoms with Crippen molar-refractivity contribution >= 4 is 34.0 Å². The molecule has 8 nitrogen and oxygen atoms in total. The van der Waals surface area contributed by atoms with Crippen LogP contribution in [0.25, 0.3) is 0 Å². The topological polar surface area (TPSA) is 83.4 Å². The third-order valence-corrected chi connectivity index (χ3v) is 6.55. The van der Waals surface area contributed by atoms with Crippen LogP contribution in [0.15, 0.2) is 42.0 Å². The Morgan fingerprint density at radius 2 is 2.06 bits per heavy atom. The van der Waals surface area contributed by atoms with Crippen molar-refractivity contribution in [3.63, 3.8) is 0 Å². The van der Waals surface area contributed by atoms with Crippen molar-refractivity contribution in [1.29, 1.82) is 0 Å². The van der Waals surface area contributed by atoms with Crippen molar-refractivity contribution in [2.24, 2.45) is 7.05 Å². The molecule has 2 aliphatic heterocycles. The number of fused-ring (bicyclic) bond motifs is 1. The standard InChI is InChI=1S/C22H24N6O2S/c1-26-12-16-13-28(14-18(19(16)25-26)20(29)24-22-23-7-10-31-22)21(30)15-5-4-6-17(11-15)27-8-2-3-9-27/h4-7,10-12,18H,2-3,8-9,13-14H2,1H3,(H,23,24,29)/t18-/m0/s1. The maximum Gasteiger partial charge on any atom is 0.254 e. The maximum atomic E-state index is 13.4. The normalized spacial score (nSPS) is 18.2. The van der Waals surface area contributed by atoms with Gasteiger partial charge in [0.1, 0.15) is 5.92 Å². The molecule has 0 bridgehead atoms. The summed E-state index contributed by atoms with van der Waals surface area (Å²) in [5, 5.41) is 9.73. The van der Waals surface area contributed by atoms with Crippen molar-refractivity contribution in [3.05, 3.63) is 58.9 Å². The zero-order valence-corrected chi connectivity index (χ0v) is 18.1. The fraction of sp³-hybridized carbons (Fsp3) is 0.364. The first-order chi connectivity index (χ1) is 15.1. The Balaban J connectivity index is 1.40. The summed E-state index contributed by atoms with van der Waals surface area (Å²) in [5.41, 5.74) is 3.36. The summed E-state index contributed by atoms with van der Waals surface area (Å²) in [5.74, 6) is -0.805. The molecule has 0 saturated carbocycles. The van der Waals surface area contributed by atoms with Gasteiger partial charge < -0.3 is 15.1 Å². The second kappa shape index (κ2) is 8.14. The number of thiazole rings is 1. The fourth-order valence-corrected chi connectivity index (χ4v) is 4.91. The molecule has 5 rings (SSSR count). The van der Waals surface area contributed by atoms with Gasteiger partial charge in [0.05, 0.1) is 5.69 Å². The van der Waals surface area contributed by atoms with Crippen LogP contribution >= 0.6 is 11.3 Å². The Hall–Kier alpha value is -3.20. The first kappa shape index (κ1) is 19.7. The highest BCUT2D eigenvalue weighted by Gasteiger charge is 2.36. The number of nitrogens with zero attached hydrogens (tertiary/aromatic N) is 5. The van der Waals surface area contributed by atoms with Gasteiger partial charge in [-0.15, -0.1) is 11.3 Å².